The van der Waals surface area contributed by atoms with Crippen LogP contribution >= 0.6 is 11.8 Å². The molecule has 28 heavy (non-hydrogen) atoms. The summed E-state index contributed by atoms with van der Waals surface area (Å²) >= 11 is 1.61. The second kappa shape index (κ2) is 8.00. The van der Waals surface area contributed by atoms with Gasteiger partial charge in [0.05, 0.1) is 5.75 Å². The van der Waals surface area contributed by atoms with Gasteiger partial charge < -0.3 is 5.32 Å². The van der Waals surface area contributed by atoms with E-state index < -0.39 is 5.41 Å². The Morgan fingerprint density at radius 2 is 1.82 bits per heavy atom. The average Bonchev–Trinajstić information content (AvgIpc) is 3.02. The Labute approximate surface area is 171 Å². The van der Waals surface area contributed by atoms with Crippen molar-refractivity contribution in [3.63, 3.8) is 0 Å². The van der Waals surface area contributed by atoms with Gasteiger partial charge in [-0.3, -0.25) is 14.5 Å². The molecule has 1 aliphatic rings. The third kappa shape index (κ3) is 4.41. The third-order valence-electron chi connectivity index (χ3n) is 4.82. The first-order chi connectivity index (χ1) is 13.2. The lowest BCUT2D eigenvalue weighted by molar-refractivity contribution is -0.123. The van der Waals surface area contributed by atoms with Gasteiger partial charge in [0.1, 0.15) is 5.37 Å². The summed E-state index contributed by atoms with van der Waals surface area (Å²) in [7, 11) is 0. The van der Waals surface area contributed by atoms with Crippen molar-refractivity contribution >= 4 is 35.0 Å². The van der Waals surface area contributed by atoms with E-state index in [0.29, 0.717) is 11.7 Å². The fourth-order valence-electron chi connectivity index (χ4n) is 3.06. The van der Waals surface area contributed by atoms with Crippen LogP contribution in [0, 0.1) is 5.41 Å². The van der Waals surface area contributed by atoms with Crippen LogP contribution in [-0.4, -0.2) is 17.6 Å². The molecule has 0 aliphatic carbocycles. The molecule has 1 heterocycles. The predicted molar refractivity (Wildman–Crippen MR) is 118 cm³/mol. The van der Waals surface area contributed by atoms with Crippen LogP contribution in [-0.2, 0) is 9.59 Å². The standard InChI is InChI=1S/C23H28N2O2S/c1-15(2)16-9-11-19(12-10-16)25-20(26)14-28-21(25)17-7-6-8-18(13-17)24-22(27)23(3,4)5/h6-13,15,21H,14H2,1-5H3,(H,24,27)/t21-/m1/s1. The van der Waals surface area contributed by atoms with Gasteiger partial charge in [0.2, 0.25) is 11.8 Å². The van der Waals surface area contributed by atoms with Gasteiger partial charge in [-0.2, -0.15) is 0 Å². The number of hydrogen-bond donors (Lipinski definition) is 1. The van der Waals surface area contributed by atoms with E-state index in [-0.39, 0.29) is 17.2 Å². The first kappa shape index (κ1) is 20.5. The summed E-state index contributed by atoms with van der Waals surface area (Å²) < 4.78 is 0. The van der Waals surface area contributed by atoms with Gasteiger partial charge in [0.25, 0.3) is 0 Å². The number of thioether (sulfide) groups is 1. The normalized spacial score (nSPS) is 17.3. The van der Waals surface area contributed by atoms with Crippen LogP contribution in [0.25, 0.3) is 0 Å². The lowest BCUT2D eigenvalue weighted by Gasteiger charge is -2.25. The van der Waals surface area contributed by atoms with Crippen LogP contribution in [0.1, 0.15) is 57.0 Å². The van der Waals surface area contributed by atoms with E-state index in [0.717, 1.165) is 16.9 Å². The van der Waals surface area contributed by atoms with Crippen molar-refractivity contribution < 1.29 is 9.59 Å². The predicted octanol–water partition coefficient (Wildman–Crippen LogP) is 5.57. The zero-order chi connectivity index (χ0) is 20.5. The minimum absolute atomic E-state index is 0.0269. The van der Waals surface area contributed by atoms with E-state index in [4.69, 9.17) is 0 Å². The molecule has 0 saturated carbocycles. The molecule has 4 nitrogen and oxygen atoms in total. The highest BCUT2D eigenvalue weighted by Crippen LogP contribution is 2.42. The quantitative estimate of drug-likeness (QED) is 0.735. The van der Waals surface area contributed by atoms with Crippen molar-refractivity contribution in [2.24, 2.45) is 5.41 Å². The highest BCUT2D eigenvalue weighted by atomic mass is 32.2. The Kier molecular flexibility index (Phi) is 5.84. The number of hydrogen-bond acceptors (Lipinski definition) is 3. The van der Waals surface area contributed by atoms with Gasteiger partial charge in [0, 0.05) is 16.8 Å². The molecule has 0 unspecified atom stereocenters. The number of benzene rings is 2. The second-order valence-electron chi connectivity index (χ2n) is 8.50. The number of amides is 2. The van der Waals surface area contributed by atoms with Crippen LogP contribution < -0.4 is 10.2 Å². The van der Waals surface area contributed by atoms with E-state index in [2.05, 4.69) is 31.3 Å². The number of anilines is 2. The van der Waals surface area contributed by atoms with Gasteiger partial charge in [-0.1, -0.05) is 58.9 Å². The largest absolute Gasteiger partial charge is 0.326 e. The fraction of sp³-hybridized carbons (Fsp3) is 0.391. The summed E-state index contributed by atoms with van der Waals surface area (Å²) in [6.45, 7) is 9.98. The Morgan fingerprint density at radius 3 is 2.43 bits per heavy atom. The van der Waals surface area contributed by atoms with Gasteiger partial charge in [-0.05, 0) is 41.3 Å². The molecule has 2 amide bonds. The first-order valence-electron chi connectivity index (χ1n) is 9.62. The summed E-state index contributed by atoms with van der Waals surface area (Å²) in [5.74, 6) is 0.990. The SMILES string of the molecule is CC(C)c1ccc(N2C(=O)CS[C@@H]2c2cccc(NC(=O)C(C)(C)C)c2)cc1. The van der Waals surface area contributed by atoms with E-state index in [9.17, 15) is 9.59 Å². The van der Waals surface area contributed by atoms with Gasteiger partial charge in [-0.15, -0.1) is 11.8 Å². The topological polar surface area (TPSA) is 49.4 Å². The fourth-order valence-corrected chi connectivity index (χ4v) is 4.23. The lowest BCUT2D eigenvalue weighted by Crippen LogP contribution is -2.28. The minimum atomic E-state index is -0.460. The summed E-state index contributed by atoms with van der Waals surface area (Å²) in [6.07, 6.45) is 0. The molecular formula is C23H28N2O2S. The smallest absolute Gasteiger partial charge is 0.238 e. The maximum Gasteiger partial charge on any atom is 0.238 e. The number of carbonyl (C=O) groups is 2. The Hall–Kier alpha value is -2.27. The van der Waals surface area contributed by atoms with E-state index >= 15 is 0 Å². The highest BCUT2D eigenvalue weighted by molar-refractivity contribution is 8.00. The number of rotatable bonds is 4. The molecule has 0 aromatic heterocycles. The maximum atomic E-state index is 12.6. The third-order valence-corrected chi connectivity index (χ3v) is 6.03. The van der Waals surface area contributed by atoms with Crippen molar-refractivity contribution in [3.8, 4) is 0 Å². The van der Waals surface area contributed by atoms with Crippen molar-refractivity contribution in [1.82, 2.24) is 0 Å². The molecule has 0 bridgehead atoms. The molecule has 1 atom stereocenters. The van der Waals surface area contributed by atoms with Crippen LogP contribution in [0.4, 0.5) is 11.4 Å². The van der Waals surface area contributed by atoms with Crippen molar-refractivity contribution in [1.29, 1.82) is 0 Å². The number of carbonyl (C=O) groups excluding carboxylic acids is 2. The van der Waals surface area contributed by atoms with Crippen LogP contribution in [0.2, 0.25) is 0 Å². The van der Waals surface area contributed by atoms with Gasteiger partial charge in [0.15, 0.2) is 0 Å². The molecular weight excluding hydrogens is 368 g/mol. The van der Waals surface area contributed by atoms with Crippen molar-refractivity contribution in [3.05, 3.63) is 59.7 Å². The summed E-state index contributed by atoms with van der Waals surface area (Å²) in [5.41, 5.74) is 3.47. The number of nitrogens with zero attached hydrogens (tertiary/aromatic N) is 1. The van der Waals surface area contributed by atoms with E-state index in [1.54, 1.807) is 11.8 Å². The Morgan fingerprint density at radius 1 is 1.14 bits per heavy atom. The van der Waals surface area contributed by atoms with Crippen LogP contribution in [0.15, 0.2) is 48.5 Å². The molecule has 3 rings (SSSR count). The van der Waals surface area contributed by atoms with E-state index in [1.165, 1.54) is 5.56 Å². The molecule has 1 N–H and O–H groups in total. The van der Waals surface area contributed by atoms with E-state index in [1.807, 2.05) is 62.1 Å². The summed E-state index contributed by atoms with van der Waals surface area (Å²) in [4.78, 5) is 26.8. The maximum absolute atomic E-state index is 12.6. The van der Waals surface area contributed by atoms with Crippen molar-refractivity contribution in [2.75, 3.05) is 16.0 Å². The molecule has 0 radical (unpaired) electrons. The van der Waals surface area contributed by atoms with Crippen molar-refractivity contribution in [2.45, 2.75) is 45.9 Å². The number of nitrogens with one attached hydrogen (secondary N) is 1. The van der Waals surface area contributed by atoms with Gasteiger partial charge in [-0.25, -0.2) is 0 Å². The zero-order valence-electron chi connectivity index (χ0n) is 17.2. The Balaban J connectivity index is 1.86. The lowest BCUT2D eigenvalue weighted by atomic mass is 9.95. The van der Waals surface area contributed by atoms with Crippen LogP contribution in [0.5, 0.6) is 0 Å². The molecule has 1 fully saturated rings. The molecule has 0 spiro atoms. The monoisotopic (exact) mass is 396 g/mol. The zero-order valence-corrected chi connectivity index (χ0v) is 18.0. The summed E-state index contributed by atoms with van der Waals surface area (Å²) in [5, 5.41) is 2.89. The Bertz CT molecular complexity index is 869. The molecule has 5 heteroatoms. The molecule has 2 aromatic carbocycles. The first-order valence-corrected chi connectivity index (χ1v) is 10.7. The second-order valence-corrected chi connectivity index (χ2v) is 9.57. The van der Waals surface area contributed by atoms with Crippen LogP contribution in [0.3, 0.4) is 0 Å². The highest BCUT2D eigenvalue weighted by Gasteiger charge is 2.34. The summed E-state index contributed by atoms with van der Waals surface area (Å²) in [6, 6.07) is 16.0. The molecule has 1 aliphatic heterocycles. The molecule has 2 aromatic rings. The minimum Gasteiger partial charge on any atom is -0.326 e. The molecule has 148 valence electrons. The average molecular weight is 397 g/mol. The van der Waals surface area contributed by atoms with Gasteiger partial charge >= 0.3 is 0 Å². The molecule has 1 saturated heterocycles.